The lowest BCUT2D eigenvalue weighted by molar-refractivity contribution is -0.0233. The fraction of sp³-hybridized carbons (Fsp3) is 0.688. The molecule has 1 aromatic heterocycles. The minimum absolute atomic E-state index is 0.179. The third-order valence-electron chi connectivity index (χ3n) is 4.55. The molecule has 2 N–H and O–H groups in total. The quantitative estimate of drug-likeness (QED) is 0.897. The van der Waals surface area contributed by atoms with E-state index in [1.807, 2.05) is 11.5 Å². The van der Waals surface area contributed by atoms with E-state index in [1.165, 1.54) is 0 Å². The van der Waals surface area contributed by atoms with Crippen molar-refractivity contribution in [3.05, 3.63) is 23.0 Å². The van der Waals surface area contributed by atoms with Crippen molar-refractivity contribution in [2.75, 3.05) is 6.54 Å². The van der Waals surface area contributed by atoms with Crippen LogP contribution >= 0.6 is 11.6 Å². The van der Waals surface area contributed by atoms with Gasteiger partial charge in [0.2, 0.25) is 0 Å². The maximum Gasteiger partial charge on any atom is 0.268 e. The van der Waals surface area contributed by atoms with E-state index in [2.05, 4.69) is 19.2 Å². The number of nitrogens with zero attached hydrogens (tertiary/aromatic N) is 1. The molecule has 0 aliphatic heterocycles. The number of rotatable bonds is 4. The predicted octanol–water partition coefficient (Wildman–Crippen LogP) is 3.22. The first-order valence-electron chi connectivity index (χ1n) is 7.61. The van der Waals surface area contributed by atoms with Gasteiger partial charge in [0, 0.05) is 19.3 Å². The molecule has 118 valence electrons. The van der Waals surface area contributed by atoms with E-state index in [0.29, 0.717) is 29.2 Å². The Hall–Kier alpha value is -1.00. The lowest BCUT2D eigenvalue weighted by Crippen LogP contribution is -2.46. The molecule has 5 heteroatoms. The summed E-state index contributed by atoms with van der Waals surface area (Å²) in [5, 5.41) is 14.0. The molecule has 1 aromatic rings. The van der Waals surface area contributed by atoms with E-state index in [0.717, 1.165) is 25.7 Å². The third kappa shape index (κ3) is 4.01. The van der Waals surface area contributed by atoms with Gasteiger partial charge in [0.25, 0.3) is 5.91 Å². The SMILES string of the molecule is CCn1cc(Cl)cc1C(=O)NCC1(O)CCC(C)(C)CC1. The van der Waals surface area contributed by atoms with E-state index < -0.39 is 5.60 Å². The van der Waals surface area contributed by atoms with Gasteiger partial charge in [-0.15, -0.1) is 0 Å². The van der Waals surface area contributed by atoms with E-state index in [1.54, 1.807) is 12.3 Å². The maximum absolute atomic E-state index is 12.2. The summed E-state index contributed by atoms with van der Waals surface area (Å²) in [6.45, 7) is 7.40. The van der Waals surface area contributed by atoms with Crippen LogP contribution in [0.15, 0.2) is 12.3 Å². The molecular formula is C16H25ClN2O2. The van der Waals surface area contributed by atoms with Crippen LogP contribution in [-0.4, -0.2) is 27.7 Å². The van der Waals surface area contributed by atoms with Gasteiger partial charge in [-0.3, -0.25) is 4.79 Å². The van der Waals surface area contributed by atoms with E-state index >= 15 is 0 Å². The molecule has 4 nitrogen and oxygen atoms in total. The zero-order chi connectivity index (χ0) is 15.7. The first-order valence-corrected chi connectivity index (χ1v) is 7.99. The highest BCUT2D eigenvalue weighted by Crippen LogP contribution is 2.39. The second-order valence-electron chi connectivity index (χ2n) is 6.90. The Morgan fingerprint density at radius 1 is 1.38 bits per heavy atom. The highest BCUT2D eigenvalue weighted by molar-refractivity contribution is 6.31. The minimum atomic E-state index is -0.779. The number of nitrogens with one attached hydrogen (secondary N) is 1. The Labute approximate surface area is 131 Å². The number of hydrogen-bond acceptors (Lipinski definition) is 2. The average Bonchev–Trinajstić information content (AvgIpc) is 2.81. The van der Waals surface area contributed by atoms with Gasteiger partial charge >= 0.3 is 0 Å². The van der Waals surface area contributed by atoms with Crippen molar-refractivity contribution in [3.63, 3.8) is 0 Å². The van der Waals surface area contributed by atoms with Gasteiger partial charge in [0.1, 0.15) is 5.69 Å². The molecular weight excluding hydrogens is 288 g/mol. The molecule has 2 rings (SSSR count). The van der Waals surface area contributed by atoms with Crippen LogP contribution in [0.25, 0.3) is 0 Å². The number of aromatic nitrogens is 1. The Balaban J connectivity index is 1.95. The summed E-state index contributed by atoms with van der Waals surface area (Å²) in [6, 6.07) is 1.66. The summed E-state index contributed by atoms with van der Waals surface area (Å²) < 4.78 is 1.81. The van der Waals surface area contributed by atoms with Crippen molar-refractivity contribution in [1.29, 1.82) is 0 Å². The zero-order valence-corrected chi connectivity index (χ0v) is 13.8. The van der Waals surface area contributed by atoms with Crippen LogP contribution in [0, 0.1) is 5.41 Å². The third-order valence-corrected chi connectivity index (χ3v) is 4.76. The summed E-state index contributed by atoms with van der Waals surface area (Å²) >= 11 is 5.95. The van der Waals surface area contributed by atoms with Gasteiger partial charge in [0.05, 0.1) is 10.6 Å². The van der Waals surface area contributed by atoms with Crippen LogP contribution in [0.1, 0.15) is 56.9 Å². The smallest absolute Gasteiger partial charge is 0.268 e. The highest BCUT2D eigenvalue weighted by Gasteiger charge is 2.36. The molecule has 0 saturated heterocycles. The average molecular weight is 313 g/mol. The fourth-order valence-electron chi connectivity index (χ4n) is 2.83. The van der Waals surface area contributed by atoms with Gasteiger partial charge < -0.3 is 15.0 Å². The van der Waals surface area contributed by atoms with Gasteiger partial charge in [-0.05, 0) is 44.1 Å². The number of carbonyl (C=O) groups is 1. The Morgan fingerprint density at radius 2 is 2.00 bits per heavy atom. The first-order chi connectivity index (χ1) is 9.75. The second kappa shape index (κ2) is 6.01. The first kappa shape index (κ1) is 16.4. The number of hydrogen-bond donors (Lipinski definition) is 2. The van der Waals surface area contributed by atoms with Gasteiger partial charge in [-0.2, -0.15) is 0 Å². The normalized spacial score (nSPS) is 20.2. The van der Waals surface area contributed by atoms with Crippen molar-refractivity contribution in [1.82, 2.24) is 9.88 Å². The molecule has 0 aromatic carbocycles. The summed E-state index contributed by atoms with van der Waals surface area (Å²) in [5.74, 6) is -0.179. The maximum atomic E-state index is 12.2. The van der Waals surface area contributed by atoms with Crippen LogP contribution in [0.2, 0.25) is 5.02 Å². The number of carbonyl (C=O) groups excluding carboxylic acids is 1. The Morgan fingerprint density at radius 3 is 2.57 bits per heavy atom. The Bertz CT molecular complexity index is 512. The number of aliphatic hydroxyl groups is 1. The topological polar surface area (TPSA) is 54.3 Å². The summed E-state index contributed by atoms with van der Waals surface area (Å²) in [4.78, 5) is 12.2. The van der Waals surface area contributed by atoms with Crippen molar-refractivity contribution < 1.29 is 9.90 Å². The number of amides is 1. The lowest BCUT2D eigenvalue weighted by Gasteiger charge is -2.40. The van der Waals surface area contributed by atoms with E-state index in [9.17, 15) is 9.90 Å². The highest BCUT2D eigenvalue weighted by atomic mass is 35.5. The molecule has 0 unspecified atom stereocenters. The van der Waals surface area contributed by atoms with Crippen molar-refractivity contribution in [3.8, 4) is 0 Å². The van der Waals surface area contributed by atoms with Crippen LogP contribution in [0.4, 0.5) is 0 Å². The lowest BCUT2D eigenvalue weighted by atomic mass is 9.71. The fourth-order valence-corrected chi connectivity index (χ4v) is 3.05. The molecule has 21 heavy (non-hydrogen) atoms. The minimum Gasteiger partial charge on any atom is -0.388 e. The van der Waals surface area contributed by atoms with Gasteiger partial charge in [0.15, 0.2) is 0 Å². The molecule has 1 saturated carbocycles. The monoisotopic (exact) mass is 312 g/mol. The molecule has 1 fully saturated rings. The van der Waals surface area contributed by atoms with Gasteiger partial charge in [-0.25, -0.2) is 0 Å². The van der Waals surface area contributed by atoms with Crippen LogP contribution in [0.5, 0.6) is 0 Å². The van der Waals surface area contributed by atoms with E-state index in [-0.39, 0.29) is 5.91 Å². The molecule has 1 aliphatic carbocycles. The standard InChI is InChI=1S/C16H25ClN2O2/c1-4-19-10-12(17)9-13(19)14(20)18-11-16(21)7-5-15(2,3)6-8-16/h9-10,21H,4-8,11H2,1-3H3,(H,18,20). The summed E-state index contributed by atoms with van der Waals surface area (Å²) in [6.07, 6.45) is 5.17. The van der Waals surface area contributed by atoms with Crippen LogP contribution in [0.3, 0.4) is 0 Å². The van der Waals surface area contributed by atoms with Crippen LogP contribution < -0.4 is 5.32 Å². The predicted molar refractivity (Wildman–Crippen MR) is 84.6 cm³/mol. The molecule has 0 radical (unpaired) electrons. The number of aryl methyl sites for hydroxylation is 1. The Kier molecular flexibility index (Phi) is 4.69. The summed E-state index contributed by atoms with van der Waals surface area (Å²) in [5.41, 5.74) is 0.0569. The largest absolute Gasteiger partial charge is 0.388 e. The second-order valence-corrected chi connectivity index (χ2v) is 7.34. The molecule has 1 amide bonds. The van der Waals surface area contributed by atoms with Crippen molar-refractivity contribution in [2.24, 2.45) is 5.41 Å². The van der Waals surface area contributed by atoms with E-state index in [4.69, 9.17) is 11.6 Å². The molecule has 0 atom stereocenters. The molecule has 0 spiro atoms. The number of halogens is 1. The van der Waals surface area contributed by atoms with Crippen molar-refractivity contribution in [2.45, 2.75) is 58.6 Å². The van der Waals surface area contributed by atoms with Gasteiger partial charge in [-0.1, -0.05) is 25.4 Å². The molecule has 1 aliphatic rings. The molecule has 1 heterocycles. The summed E-state index contributed by atoms with van der Waals surface area (Å²) in [7, 11) is 0. The van der Waals surface area contributed by atoms with Crippen LogP contribution in [-0.2, 0) is 6.54 Å². The zero-order valence-electron chi connectivity index (χ0n) is 13.1. The molecule has 0 bridgehead atoms. The van der Waals surface area contributed by atoms with Crippen molar-refractivity contribution >= 4 is 17.5 Å².